The molecule has 3 aromatic rings. The number of H-pyrrole nitrogens is 1. The third-order valence-electron chi connectivity index (χ3n) is 2.93. The topological polar surface area (TPSA) is 57.8 Å². The van der Waals surface area contributed by atoms with Gasteiger partial charge in [-0.2, -0.15) is 0 Å². The lowest BCUT2D eigenvalue weighted by Gasteiger charge is -2.05. The summed E-state index contributed by atoms with van der Waals surface area (Å²) in [6.07, 6.45) is 0. The van der Waals surface area contributed by atoms with Crippen LogP contribution in [0.5, 0.6) is 0 Å². The van der Waals surface area contributed by atoms with Crippen LogP contribution >= 0.6 is 22.9 Å². The van der Waals surface area contributed by atoms with Gasteiger partial charge in [0.2, 0.25) is 0 Å². The Morgan fingerprint density at radius 2 is 2.25 bits per heavy atom. The van der Waals surface area contributed by atoms with Crippen LogP contribution < -0.4 is 5.32 Å². The van der Waals surface area contributed by atoms with Crippen molar-refractivity contribution in [3.05, 3.63) is 51.6 Å². The number of hydrogen-bond acceptors (Lipinski definition) is 3. The van der Waals surface area contributed by atoms with E-state index < -0.39 is 0 Å². The predicted molar refractivity (Wildman–Crippen MR) is 81.3 cm³/mol. The van der Waals surface area contributed by atoms with Gasteiger partial charge in [-0.3, -0.25) is 4.79 Å². The molecule has 0 aliphatic heterocycles. The molecule has 0 bridgehead atoms. The third-order valence-corrected chi connectivity index (χ3v) is 4.22. The number of carbonyl (C=O) groups excluding carboxylic acids is 1. The highest BCUT2D eigenvalue weighted by molar-refractivity contribution is 7.18. The van der Waals surface area contributed by atoms with Crippen LogP contribution in [0, 0.1) is 6.92 Å². The molecular formula is C14H12ClN3OS. The zero-order valence-corrected chi connectivity index (χ0v) is 12.3. The van der Waals surface area contributed by atoms with Gasteiger partial charge < -0.3 is 10.3 Å². The van der Waals surface area contributed by atoms with E-state index in [-0.39, 0.29) is 5.91 Å². The molecule has 2 N–H and O–H groups in total. The molecule has 1 aromatic carbocycles. The molecule has 0 atom stereocenters. The molecule has 2 heterocycles. The maximum Gasteiger partial charge on any atom is 0.268 e. The van der Waals surface area contributed by atoms with E-state index in [4.69, 9.17) is 11.6 Å². The van der Waals surface area contributed by atoms with E-state index in [1.807, 2.05) is 31.2 Å². The van der Waals surface area contributed by atoms with Crippen molar-refractivity contribution in [3.8, 4) is 0 Å². The number of nitrogens with one attached hydrogen (secondary N) is 2. The van der Waals surface area contributed by atoms with E-state index in [9.17, 15) is 4.79 Å². The molecule has 6 heteroatoms. The summed E-state index contributed by atoms with van der Waals surface area (Å²) in [6.45, 7) is 2.34. The number of halogens is 1. The van der Waals surface area contributed by atoms with Gasteiger partial charge in [-0.25, -0.2) is 4.98 Å². The largest absolute Gasteiger partial charge is 0.347 e. The molecule has 0 fully saturated rings. The highest BCUT2D eigenvalue weighted by Crippen LogP contribution is 2.22. The van der Waals surface area contributed by atoms with Gasteiger partial charge in [0.05, 0.1) is 9.71 Å². The third kappa shape index (κ3) is 2.55. The first-order chi connectivity index (χ1) is 9.63. The second-order valence-corrected chi connectivity index (χ2v) is 6.04. The van der Waals surface area contributed by atoms with E-state index >= 15 is 0 Å². The van der Waals surface area contributed by atoms with Crippen molar-refractivity contribution in [2.24, 2.45) is 0 Å². The Labute approximate surface area is 124 Å². The summed E-state index contributed by atoms with van der Waals surface area (Å²) >= 11 is 7.61. The van der Waals surface area contributed by atoms with Crippen LogP contribution in [-0.4, -0.2) is 15.9 Å². The van der Waals surface area contributed by atoms with Crippen molar-refractivity contribution in [1.29, 1.82) is 0 Å². The number of thiazole rings is 1. The number of nitrogens with zero attached hydrogens (tertiary/aromatic N) is 1. The number of benzene rings is 1. The van der Waals surface area contributed by atoms with E-state index in [2.05, 4.69) is 15.3 Å². The molecule has 4 nitrogen and oxygen atoms in total. The van der Waals surface area contributed by atoms with Gasteiger partial charge in [0.1, 0.15) is 11.3 Å². The minimum Gasteiger partial charge on any atom is -0.347 e. The first kappa shape index (κ1) is 13.1. The summed E-state index contributed by atoms with van der Waals surface area (Å²) < 4.78 is 0.991. The van der Waals surface area contributed by atoms with Crippen LogP contribution in [0.2, 0.25) is 5.02 Å². The van der Waals surface area contributed by atoms with Crippen molar-refractivity contribution in [2.45, 2.75) is 13.5 Å². The van der Waals surface area contributed by atoms with E-state index in [1.165, 1.54) is 0 Å². The van der Waals surface area contributed by atoms with E-state index in [0.717, 1.165) is 20.9 Å². The number of aromatic amines is 1. The van der Waals surface area contributed by atoms with Crippen LogP contribution in [-0.2, 0) is 6.54 Å². The molecule has 0 spiro atoms. The summed E-state index contributed by atoms with van der Waals surface area (Å²) in [5.41, 5.74) is 2.17. The lowest BCUT2D eigenvalue weighted by Crippen LogP contribution is -2.23. The maximum absolute atomic E-state index is 12.1. The van der Waals surface area contributed by atoms with Crippen molar-refractivity contribution in [1.82, 2.24) is 15.3 Å². The minimum absolute atomic E-state index is 0.159. The monoisotopic (exact) mass is 305 g/mol. The first-order valence-corrected chi connectivity index (χ1v) is 7.30. The highest BCUT2D eigenvalue weighted by atomic mass is 35.5. The van der Waals surface area contributed by atoms with Gasteiger partial charge in [-0.05, 0) is 24.6 Å². The standard InChI is InChI=1S/C14H12ClN3OS/c1-8-17-13-12(20-8)6-11(18-13)14(19)16-7-9-4-2-3-5-10(9)15/h2-6,18H,7H2,1H3,(H,16,19). The predicted octanol–water partition coefficient (Wildman–Crippen LogP) is 3.52. The lowest BCUT2D eigenvalue weighted by atomic mass is 10.2. The zero-order valence-electron chi connectivity index (χ0n) is 10.7. The summed E-state index contributed by atoms with van der Waals surface area (Å²) in [4.78, 5) is 19.4. The fraction of sp³-hybridized carbons (Fsp3) is 0.143. The molecule has 102 valence electrons. The average molecular weight is 306 g/mol. The Hall–Kier alpha value is -1.85. The quantitative estimate of drug-likeness (QED) is 0.778. The molecule has 0 aliphatic rings. The lowest BCUT2D eigenvalue weighted by molar-refractivity contribution is 0.0947. The number of rotatable bonds is 3. The number of hydrogen-bond donors (Lipinski definition) is 2. The highest BCUT2D eigenvalue weighted by Gasteiger charge is 2.12. The summed E-state index contributed by atoms with van der Waals surface area (Å²) in [5.74, 6) is -0.159. The number of amides is 1. The Kier molecular flexibility index (Phi) is 3.46. The van der Waals surface area contributed by atoms with Crippen molar-refractivity contribution in [3.63, 3.8) is 0 Å². The first-order valence-electron chi connectivity index (χ1n) is 6.11. The van der Waals surface area contributed by atoms with Crippen LogP contribution in [0.1, 0.15) is 21.1 Å². The van der Waals surface area contributed by atoms with Gasteiger partial charge in [0, 0.05) is 11.6 Å². The zero-order chi connectivity index (χ0) is 14.1. The second-order valence-electron chi connectivity index (χ2n) is 4.40. The smallest absolute Gasteiger partial charge is 0.268 e. The van der Waals surface area contributed by atoms with Gasteiger partial charge in [0.15, 0.2) is 0 Å². The van der Waals surface area contributed by atoms with Crippen molar-refractivity contribution < 1.29 is 4.79 Å². The van der Waals surface area contributed by atoms with Crippen molar-refractivity contribution in [2.75, 3.05) is 0 Å². The Morgan fingerprint density at radius 3 is 3.00 bits per heavy atom. The Balaban J connectivity index is 1.73. The number of aromatic nitrogens is 2. The molecule has 0 saturated carbocycles. The average Bonchev–Trinajstić information content (AvgIpc) is 2.94. The molecule has 1 amide bonds. The van der Waals surface area contributed by atoms with Crippen LogP contribution in [0.25, 0.3) is 10.3 Å². The summed E-state index contributed by atoms with van der Waals surface area (Å²) in [5, 5.41) is 4.47. The van der Waals surface area contributed by atoms with E-state index in [1.54, 1.807) is 17.4 Å². The number of fused-ring (bicyclic) bond motifs is 1. The molecule has 0 saturated heterocycles. The van der Waals surface area contributed by atoms with Crippen LogP contribution in [0.15, 0.2) is 30.3 Å². The molecule has 2 aromatic heterocycles. The molecule has 3 rings (SSSR count). The normalized spacial score (nSPS) is 10.9. The number of aryl methyl sites for hydroxylation is 1. The SMILES string of the molecule is Cc1nc2[nH]c(C(=O)NCc3ccccc3Cl)cc2s1. The van der Waals surface area contributed by atoms with Crippen molar-refractivity contribution >= 4 is 39.2 Å². The molecular weight excluding hydrogens is 294 g/mol. The summed E-state index contributed by atoms with van der Waals surface area (Å²) in [7, 11) is 0. The fourth-order valence-electron chi connectivity index (χ4n) is 1.96. The molecule has 0 radical (unpaired) electrons. The van der Waals surface area contributed by atoms with E-state index in [0.29, 0.717) is 17.3 Å². The second kappa shape index (κ2) is 5.26. The van der Waals surface area contributed by atoms with Gasteiger partial charge >= 0.3 is 0 Å². The van der Waals surface area contributed by atoms with Crippen LogP contribution in [0.3, 0.4) is 0 Å². The van der Waals surface area contributed by atoms with Crippen LogP contribution in [0.4, 0.5) is 0 Å². The summed E-state index contributed by atoms with van der Waals surface area (Å²) in [6, 6.07) is 9.27. The van der Waals surface area contributed by atoms with Gasteiger partial charge in [-0.1, -0.05) is 29.8 Å². The Bertz CT molecular complexity index is 746. The molecule has 0 unspecified atom stereocenters. The Morgan fingerprint density at radius 1 is 1.45 bits per heavy atom. The fourth-order valence-corrected chi connectivity index (χ4v) is 2.99. The maximum atomic E-state index is 12.1. The molecule has 20 heavy (non-hydrogen) atoms. The van der Waals surface area contributed by atoms with Gasteiger partial charge in [0.25, 0.3) is 5.91 Å². The molecule has 0 aliphatic carbocycles. The van der Waals surface area contributed by atoms with Gasteiger partial charge in [-0.15, -0.1) is 11.3 Å². The minimum atomic E-state index is -0.159. The number of carbonyl (C=O) groups is 1.